The standard InChI is InChI=1S/C23H19Cl2F4N3O4/c1-3-32-21(34)18(10-35-32)30-20(33)14-5-4-12(6-11(14)2)17-9-22(36-31-17,23(27,28)29)13-7-15(24)19(26)16(25)8-13/h4-8,18H,3,9-10H2,1-2H3,(H,30,33)/t18-,22?/m1/s1. The number of amides is 2. The molecule has 4 rings (SSSR count). The number of carbonyl (C=O) groups is 2. The maximum atomic E-state index is 14.2. The molecule has 2 aromatic rings. The van der Waals surface area contributed by atoms with Gasteiger partial charge in [-0.15, -0.1) is 0 Å². The topological polar surface area (TPSA) is 80.2 Å². The van der Waals surface area contributed by atoms with E-state index in [4.69, 9.17) is 32.9 Å². The summed E-state index contributed by atoms with van der Waals surface area (Å²) in [5.74, 6) is -1.96. The minimum absolute atomic E-state index is 0.000628. The molecule has 1 N–H and O–H groups in total. The highest BCUT2D eigenvalue weighted by Crippen LogP contribution is 2.50. The molecule has 0 aliphatic carbocycles. The van der Waals surface area contributed by atoms with Gasteiger partial charge in [-0.05, 0) is 49.2 Å². The van der Waals surface area contributed by atoms with Crippen molar-refractivity contribution in [2.24, 2.45) is 5.16 Å². The maximum Gasteiger partial charge on any atom is 0.435 e. The third-order valence-corrected chi connectivity index (χ3v) is 6.52. The zero-order chi connectivity index (χ0) is 26.4. The Hall–Kier alpha value is -2.89. The van der Waals surface area contributed by atoms with Gasteiger partial charge in [0.15, 0.2) is 5.82 Å². The number of likely N-dealkylation sites (N-methyl/N-ethyl adjacent to an activating group) is 1. The van der Waals surface area contributed by atoms with Crippen LogP contribution in [0.2, 0.25) is 10.0 Å². The van der Waals surface area contributed by atoms with E-state index in [1.54, 1.807) is 13.8 Å². The van der Waals surface area contributed by atoms with Gasteiger partial charge in [0.05, 0.1) is 15.8 Å². The number of alkyl halides is 3. The molecule has 192 valence electrons. The minimum atomic E-state index is -4.94. The Balaban J connectivity index is 1.57. The van der Waals surface area contributed by atoms with E-state index in [0.29, 0.717) is 12.1 Å². The van der Waals surface area contributed by atoms with Crippen molar-refractivity contribution in [2.75, 3.05) is 13.2 Å². The van der Waals surface area contributed by atoms with Gasteiger partial charge in [0.2, 0.25) is 0 Å². The lowest BCUT2D eigenvalue weighted by atomic mass is 9.86. The second-order valence-corrected chi connectivity index (χ2v) is 9.08. The van der Waals surface area contributed by atoms with E-state index >= 15 is 0 Å². The molecule has 0 saturated carbocycles. The van der Waals surface area contributed by atoms with Gasteiger partial charge in [0.1, 0.15) is 12.6 Å². The maximum absolute atomic E-state index is 14.2. The van der Waals surface area contributed by atoms with Crippen molar-refractivity contribution < 1.29 is 36.8 Å². The summed E-state index contributed by atoms with van der Waals surface area (Å²) >= 11 is 11.5. The normalized spacial score (nSPS) is 22.0. The van der Waals surface area contributed by atoms with E-state index in [1.165, 1.54) is 18.2 Å². The van der Waals surface area contributed by atoms with Gasteiger partial charge in [0, 0.05) is 24.1 Å². The summed E-state index contributed by atoms with van der Waals surface area (Å²) in [6, 6.07) is 5.10. The number of nitrogens with one attached hydrogen (secondary N) is 1. The lowest BCUT2D eigenvalue weighted by Gasteiger charge is -2.29. The average Bonchev–Trinajstić information content (AvgIpc) is 3.42. The summed E-state index contributed by atoms with van der Waals surface area (Å²) < 4.78 is 56.4. The third-order valence-electron chi connectivity index (χ3n) is 5.97. The number of hydrogen-bond acceptors (Lipinski definition) is 5. The Morgan fingerprint density at radius 1 is 1.25 bits per heavy atom. The van der Waals surface area contributed by atoms with Crippen molar-refractivity contribution in [3.63, 3.8) is 0 Å². The molecule has 7 nitrogen and oxygen atoms in total. The molecule has 0 spiro atoms. The first-order valence-electron chi connectivity index (χ1n) is 10.7. The van der Waals surface area contributed by atoms with Crippen LogP contribution >= 0.6 is 23.2 Å². The van der Waals surface area contributed by atoms with Gasteiger partial charge in [-0.3, -0.25) is 14.4 Å². The smallest absolute Gasteiger partial charge is 0.374 e. The van der Waals surface area contributed by atoms with Crippen LogP contribution in [0.3, 0.4) is 0 Å². The number of hydroxylamine groups is 2. The summed E-state index contributed by atoms with van der Waals surface area (Å²) in [6.07, 6.45) is -5.68. The zero-order valence-corrected chi connectivity index (χ0v) is 20.4. The molecule has 2 aromatic carbocycles. The van der Waals surface area contributed by atoms with Gasteiger partial charge in [-0.2, -0.15) is 13.2 Å². The van der Waals surface area contributed by atoms with Gasteiger partial charge >= 0.3 is 6.18 Å². The number of nitrogens with zero attached hydrogens (tertiary/aromatic N) is 2. The Morgan fingerprint density at radius 2 is 1.92 bits per heavy atom. The molecular weight excluding hydrogens is 529 g/mol. The van der Waals surface area contributed by atoms with Crippen molar-refractivity contribution >= 4 is 40.7 Å². The van der Waals surface area contributed by atoms with E-state index in [2.05, 4.69) is 10.5 Å². The van der Waals surface area contributed by atoms with Crippen molar-refractivity contribution in [2.45, 2.75) is 38.1 Å². The molecule has 1 saturated heterocycles. The molecule has 36 heavy (non-hydrogen) atoms. The molecule has 2 heterocycles. The molecular formula is C23H19Cl2F4N3O4. The van der Waals surface area contributed by atoms with Crippen LogP contribution in [-0.4, -0.2) is 48.0 Å². The number of rotatable bonds is 5. The van der Waals surface area contributed by atoms with E-state index in [1.807, 2.05) is 0 Å². The molecule has 2 atom stereocenters. The summed E-state index contributed by atoms with van der Waals surface area (Å²) in [7, 11) is 0. The SMILES string of the molecule is CCN1OC[C@@H](NC(=O)c2ccc(C3=NOC(c4cc(Cl)c(F)c(Cl)c4)(C(F)(F)F)C3)cc2C)C1=O. The summed E-state index contributed by atoms with van der Waals surface area (Å²) in [5.41, 5.74) is -2.53. The molecule has 2 amide bonds. The highest BCUT2D eigenvalue weighted by atomic mass is 35.5. The number of carbonyl (C=O) groups excluding carboxylic acids is 2. The van der Waals surface area contributed by atoms with Gasteiger partial charge in [-0.25, -0.2) is 9.45 Å². The van der Waals surface area contributed by atoms with Crippen LogP contribution in [0.1, 0.15) is 40.4 Å². The first-order chi connectivity index (χ1) is 16.9. The van der Waals surface area contributed by atoms with Crippen molar-refractivity contribution in [1.82, 2.24) is 10.4 Å². The van der Waals surface area contributed by atoms with E-state index in [-0.39, 0.29) is 29.4 Å². The molecule has 2 aliphatic heterocycles. The summed E-state index contributed by atoms with van der Waals surface area (Å²) in [6.45, 7) is 3.66. The van der Waals surface area contributed by atoms with Crippen molar-refractivity contribution in [3.05, 3.63) is 68.4 Å². The third kappa shape index (κ3) is 4.51. The van der Waals surface area contributed by atoms with Gasteiger partial charge in [-0.1, -0.05) is 34.4 Å². The molecule has 1 unspecified atom stereocenters. The molecule has 2 aliphatic rings. The Morgan fingerprint density at radius 3 is 2.47 bits per heavy atom. The van der Waals surface area contributed by atoms with Crippen molar-refractivity contribution in [3.8, 4) is 0 Å². The number of hydrogen-bond donors (Lipinski definition) is 1. The highest BCUT2D eigenvalue weighted by molar-refractivity contribution is 6.35. The predicted octanol–water partition coefficient (Wildman–Crippen LogP) is 4.92. The average molecular weight is 548 g/mol. The predicted molar refractivity (Wildman–Crippen MR) is 122 cm³/mol. The number of benzene rings is 2. The first-order valence-corrected chi connectivity index (χ1v) is 11.5. The Labute approximate surface area is 212 Å². The fourth-order valence-electron chi connectivity index (χ4n) is 4.00. The van der Waals surface area contributed by atoms with E-state index < -0.39 is 51.6 Å². The van der Waals surface area contributed by atoms with Crippen LogP contribution < -0.4 is 5.32 Å². The quantitative estimate of drug-likeness (QED) is 0.426. The van der Waals surface area contributed by atoms with E-state index in [0.717, 1.165) is 17.2 Å². The lowest BCUT2D eigenvalue weighted by molar-refractivity contribution is -0.275. The molecule has 1 fully saturated rings. The van der Waals surface area contributed by atoms with Gasteiger partial charge < -0.3 is 10.2 Å². The Bertz CT molecular complexity index is 1250. The van der Waals surface area contributed by atoms with Gasteiger partial charge in [0.25, 0.3) is 17.4 Å². The van der Waals surface area contributed by atoms with Crippen LogP contribution in [0, 0.1) is 12.7 Å². The molecule has 0 bridgehead atoms. The highest BCUT2D eigenvalue weighted by Gasteiger charge is 2.62. The largest absolute Gasteiger partial charge is 0.435 e. The summed E-state index contributed by atoms with van der Waals surface area (Å²) in [4.78, 5) is 35.0. The molecule has 0 aromatic heterocycles. The Kier molecular flexibility index (Phi) is 6.93. The number of oxime groups is 1. The summed E-state index contributed by atoms with van der Waals surface area (Å²) in [5, 5.41) is 6.23. The van der Waals surface area contributed by atoms with E-state index in [9.17, 15) is 27.2 Å². The molecule has 0 radical (unpaired) electrons. The van der Waals surface area contributed by atoms with Crippen molar-refractivity contribution in [1.29, 1.82) is 0 Å². The fourth-order valence-corrected chi connectivity index (χ4v) is 4.49. The fraction of sp³-hybridized carbons (Fsp3) is 0.348. The number of aryl methyl sites for hydroxylation is 1. The molecule has 13 heteroatoms. The van der Waals surface area contributed by atoms with Crippen LogP contribution in [-0.2, 0) is 20.1 Å². The van der Waals surface area contributed by atoms with Crippen LogP contribution in [0.4, 0.5) is 17.6 Å². The van der Waals surface area contributed by atoms with Crippen LogP contribution in [0.5, 0.6) is 0 Å². The van der Waals surface area contributed by atoms with Crippen LogP contribution in [0.25, 0.3) is 0 Å². The minimum Gasteiger partial charge on any atom is -0.374 e. The monoisotopic (exact) mass is 547 g/mol. The second kappa shape index (κ2) is 9.53. The first kappa shape index (κ1) is 26.2. The zero-order valence-electron chi connectivity index (χ0n) is 18.9. The second-order valence-electron chi connectivity index (χ2n) is 8.27. The lowest BCUT2D eigenvalue weighted by Crippen LogP contribution is -2.43. The van der Waals surface area contributed by atoms with Crippen LogP contribution in [0.15, 0.2) is 35.5 Å². The number of halogens is 6.